The van der Waals surface area contributed by atoms with Crippen LogP contribution in [0, 0.1) is 5.41 Å². The zero-order chi connectivity index (χ0) is 16.5. The summed E-state index contributed by atoms with van der Waals surface area (Å²) >= 11 is 0. The Morgan fingerprint density at radius 2 is 2.17 bits per heavy atom. The largest absolute Gasteiger partial charge is 0.444 e. The molecule has 1 amide bonds. The molecule has 128 valence electrons. The van der Waals surface area contributed by atoms with Gasteiger partial charge in [0.25, 0.3) is 0 Å². The Hall–Kier alpha value is -1.56. The maximum atomic E-state index is 12.0. The number of ether oxygens (including phenoxy) is 1. The molecule has 2 unspecified atom stereocenters. The van der Waals surface area contributed by atoms with Gasteiger partial charge >= 0.3 is 6.09 Å². The molecule has 23 heavy (non-hydrogen) atoms. The summed E-state index contributed by atoms with van der Waals surface area (Å²) in [6, 6.07) is 0.747. The molecular formula is C17H28N4O2. The first-order chi connectivity index (χ1) is 10.9. The van der Waals surface area contributed by atoms with Crippen molar-refractivity contribution >= 4 is 6.09 Å². The van der Waals surface area contributed by atoms with E-state index in [1.54, 1.807) is 6.20 Å². The predicted molar refractivity (Wildman–Crippen MR) is 88.1 cm³/mol. The molecule has 3 rings (SSSR count). The van der Waals surface area contributed by atoms with E-state index in [1.165, 1.54) is 19.3 Å². The fourth-order valence-corrected chi connectivity index (χ4v) is 3.80. The number of nitrogens with one attached hydrogen (secondary N) is 2. The maximum Gasteiger partial charge on any atom is 0.407 e. The summed E-state index contributed by atoms with van der Waals surface area (Å²) in [6.07, 6.45) is 9.97. The Morgan fingerprint density at radius 1 is 1.39 bits per heavy atom. The van der Waals surface area contributed by atoms with Gasteiger partial charge in [-0.25, -0.2) is 9.78 Å². The lowest BCUT2D eigenvalue weighted by molar-refractivity contribution is -0.0614. The van der Waals surface area contributed by atoms with Gasteiger partial charge < -0.3 is 19.9 Å². The number of imidazole rings is 1. The number of nitrogens with zero attached hydrogens (tertiary/aromatic N) is 2. The molecule has 6 heteroatoms. The van der Waals surface area contributed by atoms with Gasteiger partial charge in [-0.3, -0.25) is 0 Å². The van der Waals surface area contributed by atoms with Crippen molar-refractivity contribution in [2.24, 2.45) is 5.41 Å². The van der Waals surface area contributed by atoms with Gasteiger partial charge in [0.05, 0.1) is 6.33 Å². The highest BCUT2D eigenvalue weighted by atomic mass is 16.6. The first-order valence-corrected chi connectivity index (χ1v) is 8.58. The summed E-state index contributed by atoms with van der Waals surface area (Å²) in [6.45, 7) is 7.55. The zero-order valence-corrected chi connectivity index (χ0v) is 14.3. The second kappa shape index (κ2) is 6.15. The standard InChI is InChI=1S/C17H28N4O2/c1-16(2,3)23-15(22)20-14-11-13(17(14)5-4-6-17)19-8-10-21-9-7-18-12-21/h7,9,12-14,19H,4-6,8,10-11H2,1-3H3,(H,20,22). The van der Waals surface area contributed by atoms with Crippen molar-refractivity contribution in [3.8, 4) is 0 Å². The van der Waals surface area contributed by atoms with Crippen LogP contribution < -0.4 is 10.6 Å². The summed E-state index contributed by atoms with van der Waals surface area (Å²) in [4.78, 5) is 16.1. The van der Waals surface area contributed by atoms with Crippen molar-refractivity contribution in [1.29, 1.82) is 0 Å². The molecule has 1 heterocycles. The highest BCUT2D eigenvalue weighted by Gasteiger charge is 2.58. The Morgan fingerprint density at radius 3 is 2.74 bits per heavy atom. The van der Waals surface area contributed by atoms with E-state index in [0.29, 0.717) is 6.04 Å². The minimum Gasteiger partial charge on any atom is -0.444 e. The van der Waals surface area contributed by atoms with Gasteiger partial charge in [0, 0.05) is 43.0 Å². The molecule has 0 radical (unpaired) electrons. The summed E-state index contributed by atoms with van der Waals surface area (Å²) in [7, 11) is 0. The van der Waals surface area contributed by atoms with Crippen LogP contribution in [0.1, 0.15) is 46.5 Å². The first-order valence-electron chi connectivity index (χ1n) is 8.58. The molecule has 6 nitrogen and oxygen atoms in total. The average molecular weight is 320 g/mol. The third-order valence-electron chi connectivity index (χ3n) is 5.15. The minimum absolute atomic E-state index is 0.242. The normalized spacial score (nSPS) is 25.5. The van der Waals surface area contributed by atoms with Crippen LogP contribution in [0.5, 0.6) is 0 Å². The summed E-state index contributed by atoms with van der Waals surface area (Å²) in [5, 5.41) is 6.74. The lowest BCUT2D eigenvalue weighted by Crippen LogP contribution is -2.71. The van der Waals surface area contributed by atoms with Gasteiger partial charge in [-0.1, -0.05) is 6.42 Å². The predicted octanol–water partition coefficient (Wildman–Crippen LogP) is 2.31. The zero-order valence-electron chi connectivity index (χ0n) is 14.3. The van der Waals surface area contributed by atoms with E-state index in [-0.39, 0.29) is 17.6 Å². The third-order valence-corrected chi connectivity index (χ3v) is 5.15. The van der Waals surface area contributed by atoms with Gasteiger partial charge in [-0.05, 0) is 40.0 Å². The maximum absolute atomic E-state index is 12.0. The van der Waals surface area contributed by atoms with Crippen molar-refractivity contribution < 1.29 is 9.53 Å². The van der Waals surface area contributed by atoms with Crippen LogP contribution in [0.2, 0.25) is 0 Å². The molecule has 0 bridgehead atoms. The van der Waals surface area contributed by atoms with E-state index in [2.05, 4.69) is 20.2 Å². The molecule has 0 saturated heterocycles. The van der Waals surface area contributed by atoms with Crippen LogP contribution in [-0.2, 0) is 11.3 Å². The van der Waals surface area contributed by atoms with Crippen molar-refractivity contribution in [3.05, 3.63) is 18.7 Å². The Kier molecular flexibility index (Phi) is 4.36. The fraction of sp³-hybridized carbons (Fsp3) is 0.765. The minimum atomic E-state index is -0.441. The molecule has 1 aromatic rings. The van der Waals surface area contributed by atoms with Gasteiger partial charge in [0.2, 0.25) is 0 Å². The van der Waals surface area contributed by atoms with E-state index in [9.17, 15) is 4.79 Å². The highest BCUT2D eigenvalue weighted by molar-refractivity contribution is 5.68. The second-order valence-corrected chi connectivity index (χ2v) is 7.83. The molecule has 1 aromatic heterocycles. The highest BCUT2D eigenvalue weighted by Crippen LogP contribution is 2.55. The third kappa shape index (κ3) is 3.52. The summed E-state index contributed by atoms with van der Waals surface area (Å²) in [5.41, 5.74) is -0.200. The van der Waals surface area contributed by atoms with Gasteiger partial charge in [-0.2, -0.15) is 0 Å². The molecule has 2 aliphatic rings. The Bertz CT molecular complexity index is 531. The molecular weight excluding hydrogens is 292 g/mol. The van der Waals surface area contributed by atoms with Crippen molar-refractivity contribution in [2.75, 3.05) is 6.54 Å². The molecule has 0 aliphatic heterocycles. The number of rotatable bonds is 5. The van der Waals surface area contributed by atoms with E-state index < -0.39 is 5.60 Å². The van der Waals surface area contributed by atoms with Crippen LogP contribution >= 0.6 is 0 Å². The molecule has 2 aliphatic carbocycles. The second-order valence-electron chi connectivity index (χ2n) is 7.83. The molecule has 2 saturated carbocycles. The number of carbonyl (C=O) groups is 1. The molecule has 1 spiro atoms. The number of amides is 1. The number of aromatic nitrogens is 2. The van der Waals surface area contributed by atoms with E-state index in [1.807, 2.05) is 33.3 Å². The average Bonchev–Trinajstić information content (AvgIpc) is 2.85. The first kappa shape index (κ1) is 16.3. The molecule has 2 N–H and O–H groups in total. The van der Waals surface area contributed by atoms with E-state index in [4.69, 9.17) is 4.74 Å². The monoisotopic (exact) mass is 320 g/mol. The SMILES string of the molecule is CC(C)(C)OC(=O)NC1CC(NCCn2ccnc2)C12CCC2. The van der Waals surface area contributed by atoms with Crippen molar-refractivity contribution in [1.82, 2.24) is 20.2 Å². The number of hydrogen-bond donors (Lipinski definition) is 2. The molecule has 2 fully saturated rings. The lowest BCUT2D eigenvalue weighted by Gasteiger charge is -2.61. The quantitative estimate of drug-likeness (QED) is 0.873. The van der Waals surface area contributed by atoms with Crippen LogP contribution in [-0.4, -0.2) is 39.9 Å². The van der Waals surface area contributed by atoms with Gasteiger partial charge in [-0.15, -0.1) is 0 Å². The lowest BCUT2D eigenvalue weighted by atomic mass is 9.50. The Labute approximate surface area is 138 Å². The fourth-order valence-electron chi connectivity index (χ4n) is 3.80. The molecule has 0 aromatic carbocycles. The number of alkyl carbamates (subject to hydrolysis) is 1. The van der Waals surface area contributed by atoms with E-state index in [0.717, 1.165) is 19.5 Å². The van der Waals surface area contributed by atoms with Crippen molar-refractivity contribution in [2.45, 2.75) is 70.7 Å². The van der Waals surface area contributed by atoms with Gasteiger partial charge in [0.1, 0.15) is 5.60 Å². The summed E-state index contributed by atoms with van der Waals surface area (Å²) < 4.78 is 7.47. The van der Waals surface area contributed by atoms with Gasteiger partial charge in [0.15, 0.2) is 0 Å². The topological polar surface area (TPSA) is 68.2 Å². The van der Waals surface area contributed by atoms with Crippen molar-refractivity contribution in [3.63, 3.8) is 0 Å². The molecule has 2 atom stereocenters. The number of carbonyl (C=O) groups excluding carboxylic acids is 1. The smallest absolute Gasteiger partial charge is 0.407 e. The Balaban J connectivity index is 1.46. The van der Waals surface area contributed by atoms with Crippen LogP contribution in [0.3, 0.4) is 0 Å². The van der Waals surface area contributed by atoms with Crippen LogP contribution in [0.4, 0.5) is 4.79 Å². The number of hydrogen-bond acceptors (Lipinski definition) is 4. The van der Waals surface area contributed by atoms with Crippen LogP contribution in [0.15, 0.2) is 18.7 Å². The van der Waals surface area contributed by atoms with E-state index >= 15 is 0 Å². The van der Waals surface area contributed by atoms with Crippen LogP contribution in [0.25, 0.3) is 0 Å². The summed E-state index contributed by atoms with van der Waals surface area (Å²) in [5.74, 6) is 0.